The van der Waals surface area contributed by atoms with Crippen LogP contribution in [0.15, 0.2) is 47.4 Å². The van der Waals surface area contributed by atoms with Crippen LogP contribution in [0.25, 0.3) is 0 Å². The second kappa shape index (κ2) is 9.82. The molecule has 0 spiro atoms. The molecule has 0 saturated carbocycles. The zero-order chi connectivity index (χ0) is 22.5. The van der Waals surface area contributed by atoms with Gasteiger partial charge in [0.05, 0.1) is 5.56 Å². The first-order valence-electron chi connectivity index (χ1n) is 9.48. The number of esters is 1. The molecule has 2 aromatic carbocycles. The molecule has 1 N–H and O–H groups in total. The Bertz CT molecular complexity index is 1020. The normalized spacial score (nSPS) is 12.5. The first-order chi connectivity index (χ1) is 14.1. The SMILES string of the molecule is CCN(CC)S(=O)(=O)c1cc(C(=O)OC(C)C(=O)Nc2ccc(C)cc2)ccc1F. The molecule has 7 nitrogen and oxygen atoms in total. The molecule has 0 heterocycles. The molecule has 0 fully saturated rings. The van der Waals surface area contributed by atoms with E-state index in [0.29, 0.717) is 5.69 Å². The number of carbonyl (C=O) groups is 2. The standard InChI is InChI=1S/C21H25FN2O5S/c1-5-24(6-2)30(27,28)19-13-16(9-12-18(19)22)21(26)29-15(4)20(25)23-17-10-7-14(3)8-11-17/h7-13,15H,5-6H2,1-4H3,(H,23,25). The first kappa shape index (κ1) is 23.5. The van der Waals surface area contributed by atoms with Crippen LogP contribution in [0.1, 0.15) is 36.7 Å². The Balaban J connectivity index is 2.16. The molecule has 0 aliphatic heterocycles. The Morgan fingerprint density at radius 3 is 2.27 bits per heavy atom. The minimum absolute atomic E-state index is 0.156. The fourth-order valence-electron chi connectivity index (χ4n) is 2.69. The molecule has 162 valence electrons. The Labute approximate surface area is 175 Å². The highest BCUT2D eigenvalue weighted by molar-refractivity contribution is 7.89. The highest BCUT2D eigenvalue weighted by atomic mass is 32.2. The van der Waals surface area contributed by atoms with Crippen LogP contribution in [0.3, 0.4) is 0 Å². The first-order valence-corrected chi connectivity index (χ1v) is 10.9. The maximum absolute atomic E-state index is 14.2. The molecule has 0 bridgehead atoms. The maximum atomic E-state index is 14.2. The Morgan fingerprint density at radius 2 is 1.70 bits per heavy atom. The van der Waals surface area contributed by atoms with E-state index in [-0.39, 0.29) is 18.7 Å². The average Bonchev–Trinajstić information content (AvgIpc) is 2.70. The van der Waals surface area contributed by atoms with Gasteiger partial charge >= 0.3 is 5.97 Å². The van der Waals surface area contributed by atoms with Gasteiger partial charge in [-0.05, 0) is 44.2 Å². The molecular formula is C21H25FN2O5S. The molecule has 1 amide bonds. The van der Waals surface area contributed by atoms with Crippen LogP contribution in [0.5, 0.6) is 0 Å². The quantitative estimate of drug-likeness (QED) is 0.641. The fourth-order valence-corrected chi connectivity index (χ4v) is 4.24. The average molecular weight is 437 g/mol. The van der Waals surface area contributed by atoms with Crippen molar-refractivity contribution in [3.05, 3.63) is 59.4 Å². The van der Waals surface area contributed by atoms with Crippen LogP contribution in [0.4, 0.5) is 10.1 Å². The van der Waals surface area contributed by atoms with Crippen molar-refractivity contribution >= 4 is 27.6 Å². The highest BCUT2D eigenvalue weighted by Gasteiger charge is 2.27. The third-order valence-corrected chi connectivity index (χ3v) is 6.53. The summed E-state index contributed by atoms with van der Waals surface area (Å²) in [6, 6.07) is 10.0. The largest absolute Gasteiger partial charge is 0.449 e. The summed E-state index contributed by atoms with van der Waals surface area (Å²) in [5.74, 6) is -2.45. The number of halogens is 1. The monoisotopic (exact) mass is 436 g/mol. The van der Waals surface area contributed by atoms with Gasteiger partial charge in [-0.1, -0.05) is 31.5 Å². The van der Waals surface area contributed by atoms with Crippen molar-refractivity contribution in [2.24, 2.45) is 0 Å². The molecule has 0 aliphatic rings. The van der Waals surface area contributed by atoms with E-state index in [2.05, 4.69) is 5.32 Å². The van der Waals surface area contributed by atoms with Crippen LogP contribution >= 0.6 is 0 Å². The van der Waals surface area contributed by atoms with Gasteiger partial charge in [0.1, 0.15) is 10.7 Å². The van der Waals surface area contributed by atoms with E-state index < -0.39 is 38.7 Å². The number of anilines is 1. The van der Waals surface area contributed by atoms with E-state index >= 15 is 0 Å². The van der Waals surface area contributed by atoms with E-state index in [1.165, 1.54) is 6.92 Å². The predicted octanol–water partition coefficient (Wildman–Crippen LogP) is 3.35. The molecule has 2 rings (SSSR count). The summed E-state index contributed by atoms with van der Waals surface area (Å²) >= 11 is 0. The third kappa shape index (κ3) is 5.43. The van der Waals surface area contributed by atoms with E-state index in [1.54, 1.807) is 26.0 Å². The van der Waals surface area contributed by atoms with E-state index in [1.807, 2.05) is 19.1 Å². The second-order valence-corrected chi connectivity index (χ2v) is 8.54. The van der Waals surface area contributed by atoms with Gasteiger partial charge in [0.2, 0.25) is 10.0 Å². The third-order valence-electron chi connectivity index (χ3n) is 4.46. The summed E-state index contributed by atoms with van der Waals surface area (Å²) in [6.45, 7) is 6.87. The van der Waals surface area contributed by atoms with Gasteiger partial charge in [-0.3, -0.25) is 4.79 Å². The number of nitrogens with one attached hydrogen (secondary N) is 1. The summed E-state index contributed by atoms with van der Waals surface area (Å²) in [5, 5.41) is 2.62. The van der Waals surface area contributed by atoms with Crippen molar-refractivity contribution in [2.75, 3.05) is 18.4 Å². The molecule has 0 aromatic heterocycles. The smallest absolute Gasteiger partial charge is 0.338 e. The van der Waals surface area contributed by atoms with Gasteiger partial charge in [-0.25, -0.2) is 17.6 Å². The highest BCUT2D eigenvalue weighted by Crippen LogP contribution is 2.21. The number of sulfonamides is 1. The fraction of sp³-hybridized carbons (Fsp3) is 0.333. The summed E-state index contributed by atoms with van der Waals surface area (Å²) in [4.78, 5) is 24.1. The van der Waals surface area contributed by atoms with Gasteiger partial charge in [0.25, 0.3) is 5.91 Å². The molecule has 0 radical (unpaired) electrons. The van der Waals surface area contributed by atoms with Crippen molar-refractivity contribution in [3.8, 4) is 0 Å². The molecule has 1 unspecified atom stereocenters. The summed E-state index contributed by atoms with van der Waals surface area (Å²) in [6.07, 6.45) is -1.15. The number of hydrogen-bond acceptors (Lipinski definition) is 5. The number of carbonyl (C=O) groups excluding carboxylic acids is 2. The second-order valence-electron chi connectivity index (χ2n) is 6.64. The number of benzene rings is 2. The van der Waals surface area contributed by atoms with Crippen molar-refractivity contribution < 1.29 is 27.1 Å². The number of ether oxygens (including phenoxy) is 1. The number of rotatable bonds is 8. The lowest BCUT2D eigenvalue weighted by Crippen LogP contribution is -2.32. The van der Waals surface area contributed by atoms with Crippen LogP contribution < -0.4 is 5.32 Å². The van der Waals surface area contributed by atoms with E-state index in [9.17, 15) is 22.4 Å². The van der Waals surface area contributed by atoms with Crippen LogP contribution in [-0.4, -0.2) is 43.8 Å². The molecular weight excluding hydrogens is 411 g/mol. The zero-order valence-corrected chi connectivity index (χ0v) is 18.1. The van der Waals surface area contributed by atoms with Gasteiger partial charge in [-0.15, -0.1) is 0 Å². The van der Waals surface area contributed by atoms with Crippen LogP contribution in [0, 0.1) is 12.7 Å². The van der Waals surface area contributed by atoms with E-state index in [4.69, 9.17) is 4.74 Å². The van der Waals surface area contributed by atoms with Crippen molar-refractivity contribution in [1.29, 1.82) is 0 Å². The minimum atomic E-state index is -4.11. The Kier molecular flexibility index (Phi) is 7.69. The molecule has 0 saturated heterocycles. The molecule has 1 atom stereocenters. The summed E-state index contributed by atoms with van der Waals surface area (Å²) in [7, 11) is -4.11. The Morgan fingerprint density at radius 1 is 1.10 bits per heavy atom. The lowest BCUT2D eigenvalue weighted by molar-refractivity contribution is -0.123. The minimum Gasteiger partial charge on any atom is -0.449 e. The topological polar surface area (TPSA) is 92.8 Å². The lowest BCUT2D eigenvalue weighted by Gasteiger charge is -2.19. The maximum Gasteiger partial charge on any atom is 0.338 e. The number of amides is 1. The summed E-state index contributed by atoms with van der Waals surface area (Å²) in [5.41, 5.74) is 1.40. The number of nitrogens with zero attached hydrogens (tertiary/aromatic N) is 1. The van der Waals surface area contributed by atoms with Gasteiger partial charge in [0.15, 0.2) is 6.10 Å². The number of hydrogen-bond donors (Lipinski definition) is 1. The van der Waals surface area contributed by atoms with Crippen molar-refractivity contribution in [1.82, 2.24) is 4.31 Å². The molecule has 30 heavy (non-hydrogen) atoms. The Hall–Kier alpha value is -2.78. The van der Waals surface area contributed by atoms with Crippen molar-refractivity contribution in [3.63, 3.8) is 0 Å². The van der Waals surface area contributed by atoms with E-state index in [0.717, 1.165) is 28.1 Å². The lowest BCUT2D eigenvalue weighted by atomic mass is 10.2. The molecule has 0 aliphatic carbocycles. The predicted molar refractivity (Wildman–Crippen MR) is 111 cm³/mol. The van der Waals surface area contributed by atoms with Crippen LogP contribution in [-0.2, 0) is 19.6 Å². The van der Waals surface area contributed by atoms with Crippen LogP contribution in [0.2, 0.25) is 0 Å². The summed E-state index contributed by atoms with van der Waals surface area (Å²) < 4.78 is 45.7. The number of aryl methyl sites for hydroxylation is 1. The van der Waals surface area contributed by atoms with Gasteiger partial charge in [-0.2, -0.15) is 4.31 Å². The molecule has 2 aromatic rings. The van der Waals surface area contributed by atoms with Gasteiger partial charge in [0, 0.05) is 18.8 Å². The van der Waals surface area contributed by atoms with Crippen molar-refractivity contribution in [2.45, 2.75) is 38.7 Å². The van der Waals surface area contributed by atoms with Gasteiger partial charge < -0.3 is 10.1 Å². The molecule has 9 heteroatoms. The zero-order valence-electron chi connectivity index (χ0n) is 17.3.